The molecule has 2 aliphatic rings. The van der Waals surface area contributed by atoms with E-state index in [1.54, 1.807) is 6.07 Å². The average Bonchev–Trinajstić information content (AvgIpc) is 2.93. The number of halogens is 4. The fourth-order valence-corrected chi connectivity index (χ4v) is 3.99. The first-order chi connectivity index (χ1) is 9.74. The second-order valence-corrected chi connectivity index (χ2v) is 6.41. The molecular formula is C16H24Cl3FN2. The van der Waals surface area contributed by atoms with E-state index in [-0.39, 0.29) is 30.6 Å². The van der Waals surface area contributed by atoms with E-state index in [1.165, 1.54) is 31.7 Å². The molecular weight excluding hydrogens is 346 g/mol. The number of benzene rings is 1. The Morgan fingerprint density at radius 2 is 1.73 bits per heavy atom. The van der Waals surface area contributed by atoms with Gasteiger partial charge >= 0.3 is 0 Å². The smallest absolute Gasteiger partial charge is 0.125 e. The van der Waals surface area contributed by atoms with E-state index in [4.69, 9.17) is 11.6 Å². The van der Waals surface area contributed by atoms with Gasteiger partial charge in [0.1, 0.15) is 5.82 Å². The molecule has 1 aromatic rings. The van der Waals surface area contributed by atoms with Crippen molar-refractivity contribution in [2.24, 2.45) is 5.92 Å². The van der Waals surface area contributed by atoms with Gasteiger partial charge in [-0.1, -0.05) is 24.4 Å². The third kappa shape index (κ3) is 4.72. The maximum Gasteiger partial charge on any atom is 0.125 e. The topological polar surface area (TPSA) is 15.3 Å². The maximum absolute atomic E-state index is 13.7. The first-order valence-electron chi connectivity index (χ1n) is 7.65. The fourth-order valence-electron chi connectivity index (χ4n) is 3.76. The van der Waals surface area contributed by atoms with Gasteiger partial charge in [0.25, 0.3) is 0 Å². The Kier molecular flexibility index (Phi) is 8.44. The Bertz CT molecular complexity index is 440. The molecule has 1 N–H and O–H groups in total. The summed E-state index contributed by atoms with van der Waals surface area (Å²) in [7, 11) is 0. The zero-order chi connectivity index (χ0) is 13.9. The van der Waals surface area contributed by atoms with Gasteiger partial charge < -0.3 is 5.32 Å². The number of hydrogen-bond acceptors (Lipinski definition) is 2. The van der Waals surface area contributed by atoms with Crippen LogP contribution in [0.25, 0.3) is 0 Å². The lowest BCUT2D eigenvalue weighted by atomic mass is 9.89. The number of hydrogen-bond donors (Lipinski definition) is 1. The lowest BCUT2D eigenvalue weighted by molar-refractivity contribution is 0.125. The number of nitrogens with one attached hydrogen (secondary N) is 1. The third-order valence-electron chi connectivity index (χ3n) is 4.62. The highest BCUT2D eigenvalue weighted by Crippen LogP contribution is 2.40. The van der Waals surface area contributed by atoms with Crippen LogP contribution in [0.2, 0.25) is 5.02 Å². The van der Waals surface area contributed by atoms with Crippen molar-refractivity contribution in [1.29, 1.82) is 0 Å². The highest BCUT2D eigenvalue weighted by atomic mass is 35.5. The predicted octanol–water partition coefficient (Wildman–Crippen LogP) is 4.46. The average molecular weight is 370 g/mol. The van der Waals surface area contributed by atoms with Crippen molar-refractivity contribution in [2.75, 3.05) is 26.2 Å². The Morgan fingerprint density at radius 1 is 1.09 bits per heavy atom. The quantitative estimate of drug-likeness (QED) is 0.846. The molecule has 1 saturated heterocycles. The molecule has 1 aromatic carbocycles. The molecule has 1 aliphatic carbocycles. The molecule has 0 aromatic heterocycles. The van der Waals surface area contributed by atoms with Gasteiger partial charge in [-0.25, -0.2) is 4.39 Å². The zero-order valence-corrected chi connectivity index (χ0v) is 15.0. The number of rotatable bonds is 3. The van der Waals surface area contributed by atoms with Crippen molar-refractivity contribution in [1.82, 2.24) is 10.2 Å². The first kappa shape index (κ1) is 20.0. The van der Waals surface area contributed by atoms with Crippen LogP contribution >= 0.6 is 36.4 Å². The van der Waals surface area contributed by atoms with Crippen LogP contribution in [-0.4, -0.2) is 31.1 Å². The van der Waals surface area contributed by atoms with Crippen molar-refractivity contribution >= 4 is 36.4 Å². The molecule has 6 heteroatoms. The molecule has 126 valence electrons. The van der Waals surface area contributed by atoms with Gasteiger partial charge in [0.15, 0.2) is 0 Å². The van der Waals surface area contributed by atoms with Gasteiger partial charge in [0.2, 0.25) is 0 Å². The SMILES string of the molecule is Cl.Cl.Fc1cc(Cl)cc([C@H](C2CCCC2)N2CCNCC2)c1. The summed E-state index contributed by atoms with van der Waals surface area (Å²) in [6.45, 7) is 4.11. The van der Waals surface area contributed by atoms with Crippen LogP contribution in [0.15, 0.2) is 18.2 Å². The molecule has 3 rings (SSSR count). The molecule has 1 saturated carbocycles. The summed E-state index contributed by atoms with van der Waals surface area (Å²) in [5, 5.41) is 3.90. The summed E-state index contributed by atoms with van der Waals surface area (Å²) in [5.74, 6) is 0.427. The molecule has 1 atom stereocenters. The van der Waals surface area contributed by atoms with Crippen molar-refractivity contribution in [2.45, 2.75) is 31.7 Å². The van der Waals surface area contributed by atoms with E-state index in [0.29, 0.717) is 17.0 Å². The summed E-state index contributed by atoms with van der Waals surface area (Å²) in [4.78, 5) is 2.51. The molecule has 22 heavy (non-hydrogen) atoms. The fraction of sp³-hybridized carbons (Fsp3) is 0.625. The molecule has 0 unspecified atom stereocenters. The van der Waals surface area contributed by atoms with Gasteiger partial charge in [0.05, 0.1) is 0 Å². The Hall–Kier alpha value is -0.0600. The third-order valence-corrected chi connectivity index (χ3v) is 4.84. The lowest BCUT2D eigenvalue weighted by Gasteiger charge is -2.38. The summed E-state index contributed by atoms with van der Waals surface area (Å²) in [6.07, 6.45) is 5.11. The highest BCUT2D eigenvalue weighted by Gasteiger charge is 2.32. The standard InChI is InChI=1S/C16H22ClFN2.2ClH/c17-14-9-13(10-15(18)11-14)16(12-3-1-2-4-12)20-7-5-19-6-8-20;;/h9-12,16,19H,1-8H2;2*1H/t16-;;/m0../s1. The van der Waals surface area contributed by atoms with E-state index in [2.05, 4.69) is 10.2 Å². The molecule has 2 fully saturated rings. The van der Waals surface area contributed by atoms with E-state index >= 15 is 0 Å². The van der Waals surface area contributed by atoms with E-state index in [9.17, 15) is 4.39 Å². The summed E-state index contributed by atoms with van der Waals surface area (Å²) < 4.78 is 13.7. The van der Waals surface area contributed by atoms with Crippen LogP contribution in [0.3, 0.4) is 0 Å². The van der Waals surface area contributed by atoms with Crippen LogP contribution in [0.4, 0.5) is 4.39 Å². The predicted molar refractivity (Wildman–Crippen MR) is 95.0 cm³/mol. The summed E-state index contributed by atoms with van der Waals surface area (Å²) >= 11 is 6.07. The van der Waals surface area contributed by atoms with Crippen LogP contribution in [0.1, 0.15) is 37.3 Å². The van der Waals surface area contributed by atoms with Crippen molar-refractivity contribution in [3.63, 3.8) is 0 Å². The normalized spacial score (nSPS) is 21.0. The van der Waals surface area contributed by atoms with Crippen LogP contribution in [-0.2, 0) is 0 Å². The van der Waals surface area contributed by atoms with Gasteiger partial charge in [-0.15, -0.1) is 24.8 Å². The van der Waals surface area contributed by atoms with Crippen LogP contribution in [0.5, 0.6) is 0 Å². The summed E-state index contributed by atoms with van der Waals surface area (Å²) in [6, 6.07) is 5.36. The Labute approximate surface area is 149 Å². The van der Waals surface area contributed by atoms with E-state index in [1.807, 2.05) is 6.07 Å². The van der Waals surface area contributed by atoms with Crippen LogP contribution < -0.4 is 5.32 Å². The van der Waals surface area contributed by atoms with E-state index in [0.717, 1.165) is 31.7 Å². The first-order valence-corrected chi connectivity index (χ1v) is 8.02. The number of piperazine rings is 1. The minimum absolute atomic E-state index is 0. The molecule has 0 radical (unpaired) electrons. The molecule has 0 bridgehead atoms. The van der Waals surface area contributed by atoms with Crippen LogP contribution in [0, 0.1) is 11.7 Å². The van der Waals surface area contributed by atoms with Gasteiger partial charge in [0, 0.05) is 37.2 Å². The van der Waals surface area contributed by atoms with Crippen molar-refractivity contribution in [3.8, 4) is 0 Å². The monoisotopic (exact) mass is 368 g/mol. The second kappa shape index (κ2) is 9.29. The molecule has 1 aliphatic heterocycles. The lowest BCUT2D eigenvalue weighted by Crippen LogP contribution is -2.46. The number of nitrogens with zero attached hydrogens (tertiary/aromatic N) is 1. The van der Waals surface area contributed by atoms with Gasteiger partial charge in [-0.2, -0.15) is 0 Å². The molecule has 0 amide bonds. The molecule has 2 nitrogen and oxygen atoms in total. The second-order valence-electron chi connectivity index (χ2n) is 5.98. The van der Waals surface area contributed by atoms with E-state index < -0.39 is 0 Å². The molecule has 1 heterocycles. The summed E-state index contributed by atoms with van der Waals surface area (Å²) in [5.41, 5.74) is 1.06. The Balaban J connectivity index is 0.00000121. The minimum Gasteiger partial charge on any atom is -0.314 e. The molecule has 0 spiro atoms. The maximum atomic E-state index is 13.7. The minimum atomic E-state index is -0.217. The highest BCUT2D eigenvalue weighted by molar-refractivity contribution is 6.30. The van der Waals surface area contributed by atoms with Gasteiger partial charge in [-0.3, -0.25) is 4.90 Å². The Morgan fingerprint density at radius 3 is 2.32 bits per heavy atom. The van der Waals surface area contributed by atoms with Crippen molar-refractivity contribution < 1.29 is 4.39 Å². The van der Waals surface area contributed by atoms with Crippen molar-refractivity contribution in [3.05, 3.63) is 34.6 Å². The van der Waals surface area contributed by atoms with Gasteiger partial charge in [-0.05, 0) is 42.5 Å². The zero-order valence-electron chi connectivity index (χ0n) is 12.6. The largest absolute Gasteiger partial charge is 0.314 e.